The fourth-order valence-corrected chi connectivity index (χ4v) is 12.8. The van der Waals surface area contributed by atoms with Gasteiger partial charge in [-0.05, 0) is 6.92 Å². The van der Waals surface area contributed by atoms with Crippen molar-refractivity contribution in [2.45, 2.75) is 280 Å². The molecule has 44 heteroatoms. The second kappa shape index (κ2) is 35.7. The fourth-order valence-electron chi connectivity index (χ4n) is 12.8. The highest BCUT2D eigenvalue weighted by molar-refractivity contribution is 5.74. The number of ether oxygens (including phenoxy) is 15. The fraction of sp³-hybridized carbons (Fsp3) is 0.929. The van der Waals surface area contributed by atoms with Gasteiger partial charge in [0.1, 0.15) is 189 Å². The van der Waals surface area contributed by atoms with Crippen molar-refractivity contribution in [3.8, 4) is 0 Å². The van der Waals surface area contributed by atoms with Gasteiger partial charge in [-0.3, -0.25) is 19.2 Å². The molecule has 0 aromatic carbocycles. The molecule has 0 radical (unpaired) electrons. The molecule has 0 aromatic rings. The van der Waals surface area contributed by atoms with Crippen molar-refractivity contribution in [3.63, 3.8) is 0 Å². The first-order valence-electron chi connectivity index (χ1n) is 32.0. The Labute approximate surface area is 567 Å². The minimum Gasteiger partial charge on any atom is -0.394 e. The summed E-state index contributed by atoms with van der Waals surface area (Å²) in [5.74, 6) is -3.43. The Kier molecular flexibility index (Phi) is 29.3. The lowest BCUT2D eigenvalue weighted by atomic mass is 9.93. The summed E-state index contributed by atoms with van der Waals surface area (Å²) in [6.45, 7) is -1.77. The molecular formula is C56H94N4O40. The lowest BCUT2D eigenvalue weighted by molar-refractivity contribution is -0.396. The van der Waals surface area contributed by atoms with E-state index in [0.29, 0.717) is 0 Å². The van der Waals surface area contributed by atoms with Crippen molar-refractivity contribution in [3.05, 3.63) is 0 Å². The first-order valence-corrected chi connectivity index (χ1v) is 32.0. The number of nitrogens with one attached hydrogen (secondary N) is 4. The summed E-state index contributed by atoms with van der Waals surface area (Å²) in [5.41, 5.74) is 0. The molecule has 8 saturated heterocycles. The zero-order chi connectivity index (χ0) is 73.8. The van der Waals surface area contributed by atoms with Crippen LogP contribution in [0.3, 0.4) is 0 Å². The molecule has 1 unspecified atom stereocenters. The molecule has 0 aromatic heterocycles. The highest BCUT2D eigenvalue weighted by Gasteiger charge is 2.60. The average molecular weight is 1460 g/mol. The molecule has 25 N–H and O–H groups in total. The largest absolute Gasteiger partial charge is 0.394 e. The highest BCUT2D eigenvalue weighted by Crippen LogP contribution is 2.39. The summed E-state index contributed by atoms with van der Waals surface area (Å²) in [4.78, 5) is 50.5. The molecule has 40 atom stereocenters. The van der Waals surface area contributed by atoms with Gasteiger partial charge in [0.2, 0.25) is 23.6 Å². The van der Waals surface area contributed by atoms with Crippen LogP contribution in [0.2, 0.25) is 0 Å². The van der Waals surface area contributed by atoms with Gasteiger partial charge in [0.05, 0.1) is 52.4 Å². The topological polar surface area (TPSA) is 680 Å². The van der Waals surface area contributed by atoms with Crippen molar-refractivity contribution in [1.82, 2.24) is 21.3 Å². The van der Waals surface area contributed by atoms with Gasteiger partial charge >= 0.3 is 0 Å². The number of rotatable bonds is 25. The Balaban J connectivity index is 1.10. The number of aliphatic hydroxyl groups excluding tert-OH is 21. The van der Waals surface area contributed by atoms with Crippen LogP contribution in [-0.4, -0.2) is 423 Å². The summed E-state index contributed by atoms with van der Waals surface area (Å²) in [7, 11) is 0. The van der Waals surface area contributed by atoms with Gasteiger partial charge in [0, 0.05) is 27.7 Å². The third-order valence-corrected chi connectivity index (χ3v) is 18.2. The quantitative estimate of drug-likeness (QED) is 0.0404. The van der Waals surface area contributed by atoms with E-state index < -0.39 is 315 Å². The predicted octanol–water partition coefficient (Wildman–Crippen LogP) is -16.8. The minimum atomic E-state index is -2.48. The number of carbonyl (C=O) groups is 4. The molecular weight excluding hydrogens is 1370 g/mol. The van der Waals surface area contributed by atoms with Crippen molar-refractivity contribution < 1.29 is 197 Å². The number of hydrogen-bond acceptors (Lipinski definition) is 40. The normalized spacial score (nSPS) is 48.7. The molecule has 578 valence electrons. The van der Waals surface area contributed by atoms with E-state index >= 15 is 0 Å². The van der Waals surface area contributed by atoms with Crippen molar-refractivity contribution in [2.24, 2.45) is 0 Å². The molecule has 8 fully saturated rings. The monoisotopic (exact) mass is 1460 g/mol. The third-order valence-electron chi connectivity index (χ3n) is 18.2. The molecule has 0 aliphatic carbocycles. The summed E-state index contributed by atoms with van der Waals surface area (Å²) in [6.07, 6.45) is -70.9. The van der Waals surface area contributed by atoms with Crippen LogP contribution >= 0.6 is 0 Å². The molecule has 8 rings (SSSR count). The lowest BCUT2D eigenvalue weighted by Crippen LogP contribution is -2.71. The SMILES string of the molecule is CC(=O)N[C@H]1[C@H](O[C@H]2[C@H](O)[C@@H](NC(C)=O)C(O)O[C@@H]2CO[C@@H]2O[C@@H](C)[C@@H](O)[C@@H](O)[C@@H]2O)O[C@H](CO)[C@@H](O[C@@H]2O[C@H](CO[C@H]3O[C@H](CO)[C@@H](O)[C@H](O)[C@@H]3O)[C@@H](O)[C@H](O[C@@H]3O[C@H](CO)[C@@H](O)[C@H](O)[C@@H]3O[C@@H]3O[C@H](CO)[C@@H](O[C@@H]4O[C@H](CO)[C@H](O)[C@H](O)[C@H]4NC(C)=O)[C@H](O)[C@H]3NC(C)=O)[C@@H]2O)[C@@H]1O. The molecule has 100 heavy (non-hydrogen) atoms. The van der Waals surface area contributed by atoms with Gasteiger partial charge in [-0.1, -0.05) is 0 Å². The minimum absolute atomic E-state index is 0.782. The van der Waals surface area contributed by atoms with E-state index in [9.17, 15) is 126 Å². The van der Waals surface area contributed by atoms with Crippen LogP contribution in [-0.2, 0) is 90.2 Å². The van der Waals surface area contributed by atoms with Crippen LogP contribution in [0, 0.1) is 0 Å². The molecule has 44 nitrogen and oxygen atoms in total. The van der Waals surface area contributed by atoms with Gasteiger partial charge in [0.15, 0.2) is 50.3 Å². The van der Waals surface area contributed by atoms with Crippen molar-refractivity contribution >= 4 is 23.6 Å². The van der Waals surface area contributed by atoms with E-state index in [1.165, 1.54) is 6.92 Å². The highest BCUT2D eigenvalue weighted by atomic mass is 16.8. The van der Waals surface area contributed by atoms with Gasteiger partial charge in [-0.2, -0.15) is 0 Å². The molecule has 8 heterocycles. The van der Waals surface area contributed by atoms with E-state index in [1.807, 2.05) is 0 Å². The second-order valence-electron chi connectivity index (χ2n) is 25.4. The summed E-state index contributed by atoms with van der Waals surface area (Å²) in [5, 5.41) is 241. The Morgan fingerprint density at radius 1 is 0.280 bits per heavy atom. The van der Waals surface area contributed by atoms with Crippen LogP contribution in [0.1, 0.15) is 34.6 Å². The zero-order valence-corrected chi connectivity index (χ0v) is 54.2. The van der Waals surface area contributed by atoms with Gasteiger partial charge in [-0.25, -0.2) is 0 Å². The first-order chi connectivity index (χ1) is 47.2. The van der Waals surface area contributed by atoms with Crippen LogP contribution in [0.5, 0.6) is 0 Å². The predicted molar refractivity (Wildman–Crippen MR) is 309 cm³/mol. The maximum Gasteiger partial charge on any atom is 0.217 e. The standard InChI is InChI=1S/C56H94N4O40/c1-13-29(70)38(79)41(82)53(88-13)87-12-24-46(35(76)25(49(85)89-24)57-14(2)66)97-51-27(59-16(4)68)37(78)45(22(10-65)93-51)98-55-43(84)47(33(74)23(95-55)11-86-54-42(83)39(80)31(72)19(7-62)91-54)99-56-48(40(81)32(73)20(8-63)92-56)100-52-28(60-17(5)69)36(77)44(21(9-64)94-52)96-50-26(58-15(3)67)34(75)30(71)18(6-61)90-50/h13,18-56,61-65,70-85H,6-12H2,1-5H3,(H,57,66)(H,58,67)(H,59,68)(H,60,69)/t13-,18+,19+,20+,21+,22+,23+,24+,25+,26+,27+,28+,29+,30-,31+,32+,33+,34+,35+,36+,37+,38+,39-,40-,41-,42-,43-,44+,45+,46+,47-,48-,49?,50-,51-,52-,53+,54-,55-,56-/m0/s1. The Morgan fingerprint density at radius 3 is 1.08 bits per heavy atom. The average Bonchev–Trinajstić information content (AvgIpc) is 0.765. The summed E-state index contributed by atoms with van der Waals surface area (Å²) >= 11 is 0. The summed E-state index contributed by atoms with van der Waals surface area (Å²) in [6, 6.07) is -7.14. The van der Waals surface area contributed by atoms with E-state index in [1.54, 1.807) is 0 Å². The van der Waals surface area contributed by atoms with Crippen molar-refractivity contribution in [2.75, 3.05) is 46.2 Å². The molecule has 8 aliphatic rings. The smallest absolute Gasteiger partial charge is 0.217 e. The van der Waals surface area contributed by atoms with Crippen LogP contribution < -0.4 is 21.3 Å². The van der Waals surface area contributed by atoms with E-state index in [2.05, 4.69) is 21.3 Å². The molecule has 0 spiro atoms. The third kappa shape index (κ3) is 18.3. The van der Waals surface area contributed by atoms with Crippen LogP contribution in [0.25, 0.3) is 0 Å². The molecule has 0 saturated carbocycles. The van der Waals surface area contributed by atoms with Gasteiger partial charge < -0.3 is 200 Å². The van der Waals surface area contributed by atoms with Crippen LogP contribution in [0.4, 0.5) is 0 Å². The van der Waals surface area contributed by atoms with Gasteiger partial charge in [-0.15, -0.1) is 0 Å². The van der Waals surface area contributed by atoms with Crippen molar-refractivity contribution in [1.29, 1.82) is 0 Å². The number of hydrogen-bond donors (Lipinski definition) is 25. The zero-order valence-electron chi connectivity index (χ0n) is 54.2. The maximum absolute atomic E-state index is 13.0. The Hall–Kier alpha value is -3.56. The molecule has 0 bridgehead atoms. The van der Waals surface area contributed by atoms with E-state index in [-0.39, 0.29) is 0 Å². The molecule has 8 aliphatic heterocycles. The molecule has 4 amide bonds. The first kappa shape index (κ1) is 82.1. The Bertz CT molecular complexity index is 2620. The van der Waals surface area contributed by atoms with E-state index in [0.717, 1.165) is 27.7 Å². The van der Waals surface area contributed by atoms with Gasteiger partial charge in [0.25, 0.3) is 0 Å². The number of carbonyl (C=O) groups excluding carboxylic acids is 4. The lowest BCUT2D eigenvalue weighted by Gasteiger charge is -2.51. The number of aliphatic hydroxyl groups is 21. The van der Waals surface area contributed by atoms with E-state index in [4.69, 9.17) is 71.1 Å². The van der Waals surface area contributed by atoms with Crippen LogP contribution in [0.15, 0.2) is 0 Å². The summed E-state index contributed by atoms with van der Waals surface area (Å²) < 4.78 is 88.4. The maximum atomic E-state index is 13.0. The second-order valence-corrected chi connectivity index (χ2v) is 25.4. The Morgan fingerprint density at radius 2 is 0.610 bits per heavy atom. The number of amides is 4.